The van der Waals surface area contributed by atoms with Crippen molar-refractivity contribution in [3.63, 3.8) is 0 Å². The summed E-state index contributed by atoms with van der Waals surface area (Å²) < 4.78 is 13.6. The molecule has 0 bridgehead atoms. The van der Waals surface area contributed by atoms with E-state index in [4.69, 9.17) is 11.6 Å². The number of nitrogens with one attached hydrogen (secondary N) is 1. The van der Waals surface area contributed by atoms with Crippen LogP contribution in [0, 0.1) is 5.82 Å². The first kappa shape index (κ1) is 15.1. The highest BCUT2D eigenvalue weighted by Gasteiger charge is 2.09. The molecule has 1 aromatic heterocycles. The van der Waals surface area contributed by atoms with Crippen LogP contribution in [0.15, 0.2) is 34.2 Å². The van der Waals surface area contributed by atoms with Crippen LogP contribution in [0.1, 0.15) is 24.6 Å². The smallest absolute Gasteiger partial charge is 0.251 e. The number of aromatic nitrogens is 2. The molecule has 3 nitrogen and oxygen atoms in total. The van der Waals surface area contributed by atoms with Gasteiger partial charge in [-0.25, -0.2) is 9.37 Å². The SMILES string of the molecule is CCCc1cc(=O)[nH]c(SCc2c(F)cccc2Cl)n1. The van der Waals surface area contributed by atoms with Gasteiger partial charge in [0.15, 0.2) is 5.16 Å². The molecule has 106 valence electrons. The van der Waals surface area contributed by atoms with Crippen LogP contribution in [0.3, 0.4) is 0 Å². The van der Waals surface area contributed by atoms with E-state index in [9.17, 15) is 9.18 Å². The second-order valence-corrected chi connectivity index (χ2v) is 5.65. The third kappa shape index (κ3) is 3.84. The van der Waals surface area contributed by atoms with Gasteiger partial charge in [0.25, 0.3) is 5.56 Å². The topological polar surface area (TPSA) is 45.8 Å². The Hall–Kier alpha value is -1.33. The fraction of sp³-hybridized carbons (Fsp3) is 0.286. The van der Waals surface area contributed by atoms with Gasteiger partial charge in [0.2, 0.25) is 0 Å². The molecule has 0 saturated heterocycles. The van der Waals surface area contributed by atoms with Crippen LogP contribution in [0.25, 0.3) is 0 Å². The van der Waals surface area contributed by atoms with Gasteiger partial charge in [-0.3, -0.25) is 4.79 Å². The Kier molecular flexibility index (Phi) is 5.20. The Bertz CT molecular complexity index is 640. The maximum absolute atomic E-state index is 13.6. The predicted octanol–water partition coefficient (Wildman–Crippen LogP) is 3.81. The largest absolute Gasteiger partial charge is 0.301 e. The zero-order valence-corrected chi connectivity index (χ0v) is 12.5. The van der Waals surface area contributed by atoms with Crippen molar-refractivity contribution in [1.29, 1.82) is 0 Å². The first-order valence-electron chi connectivity index (χ1n) is 6.26. The van der Waals surface area contributed by atoms with E-state index >= 15 is 0 Å². The van der Waals surface area contributed by atoms with E-state index in [1.54, 1.807) is 12.1 Å². The van der Waals surface area contributed by atoms with Gasteiger partial charge in [-0.1, -0.05) is 42.8 Å². The summed E-state index contributed by atoms with van der Waals surface area (Å²) in [4.78, 5) is 18.5. The summed E-state index contributed by atoms with van der Waals surface area (Å²) in [6, 6.07) is 6.06. The van der Waals surface area contributed by atoms with E-state index in [0.29, 0.717) is 21.5 Å². The fourth-order valence-corrected chi connectivity index (χ4v) is 2.98. The zero-order valence-electron chi connectivity index (χ0n) is 11.0. The average molecular weight is 313 g/mol. The number of H-pyrrole nitrogens is 1. The molecule has 2 rings (SSSR count). The summed E-state index contributed by atoms with van der Waals surface area (Å²) >= 11 is 7.23. The van der Waals surface area contributed by atoms with Gasteiger partial charge in [0.1, 0.15) is 5.82 Å². The van der Waals surface area contributed by atoms with Crippen LogP contribution < -0.4 is 5.56 Å². The van der Waals surface area contributed by atoms with Gasteiger partial charge >= 0.3 is 0 Å². The van der Waals surface area contributed by atoms with Gasteiger partial charge in [0.05, 0.1) is 0 Å². The first-order valence-corrected chi connectivity index (χ1v) is 7.62. The number of rotatable bonds is 5. The molecular formula is C14H14ClFN2OS. The second kappa shape index (κ2) is 6.90. The van der Waals surface area contributed by atoms with Crippen molar-refractivity contribution in [1.82, 2.24) is 9.97 Å². The van der Waals surface area contributed by atoms with Gasteiger partial charge in [-0.15, -0.1) is 0 Å². The molecule has 1 N–H and O–H groups in total. The highest BCUT2D eigenvalue weighted by Crippen LogP contribution is 2.26. The molecule has 0 unspecified atom stereocenters. The normalized spacial score (nSPS) is 10.8. The maximum Gasteiger partial charge on any atom is 0.251 e. The zero-order chi connectivity index (χ0) is 14.5. The van der Waals surface area contributed by atoms with Crippen molar-refractivity contribution < 1.29 is 4.39 Å². The summed E-state index contributed by atoms with van der Waals surface area (Å²) in [7, 11) is 0. The number of thioether (sulfide) groups is 1. The standard InChI is InChI=1S/C14H14ClFN2OS/c1-2-4-9-7-13(19)18-14(17-9)20-8-10-11(15)5-3-6-12(10)16/h3,5-7H,2,4,8H2,1H3,(H,17,18,19). The van der Waals surface area contributed by atoms with Crippen LogP contribution in [-0.4, -0.2) is 9.97 Å². The van der Waals surface area contributed by atoms with Crippen molar-refractivity contribution in [2.24, 2.45) is 0 Å². The number of halogens is 2. The van der Waals surface area contributed by atoms with Crippen LogP contribution >= 0.6 is 23.4 Å². The molecule has 0 aliphatic rings. The van der Waals surface area contributed by atoms with E-state index in [1.165, 1.54) is 23.9 Å². The molecule has 0 saturated carbocycles. The predicted molar refractivity (Wildman–Crippen MR) is 79.8 cm³/mol. The molecule has 0 atom stereocenters. The summed E-state index contributed by atoms with van der Waals surface area (Å²) in [6.07, 6.45) is 1.66. The van der Waals surface area contributed by atoms with E-state index < -0.39 is 0 Å². The summed E-state index contributed by atoms with van der Waals surface area (Å²) in [5.41, 5.74) is 0.978. The van der Waals surface area contributed by atoms with E-state index in [1.807, 2.05) is 6.92 Å². The molecule has 0 aliphatic heterocycles. The highest BCUT2D eigenvalue weighted by molar-refractivity contribution is 7.98. The molecule has 0 aliphatic carbocycles. The molecule has 1 heterocycles. The van der Waals surface area contributed by atoms with Crippen LogP contribution in [-0.2, 0) is 12.2 Å². The minimum absolute atomic E-state index is 0.189. The minimum Gasteiger partial charge on any atom is -0.301 e. The van der Waals surface area contributed by atoms with E-state index in [2.05, 4.69) is 9.97 Å². The number of benzene rings is 1. The monoisotopic (exact) mass is 312 g/mol. The molecule has 2 aromatic rings. The maximum atomic E-state index is 13.6. The van der Waals surface area contributed by atoms with Crippen LogP contribution in [0.4, 0.5) is 4.39 Å². The highest BCUT2D eigenvalue weighted by atomic mass is 35.5. The summed E-state index contributed by atoms with van der Waals surface area (Å²) in [5, 5.41) is 0.866. The quantitative estimate of drug-likeness (QED) is 0.674. The number of aromatic amines is 1. The number of hydrogen-bond donors (Lipinski definition) is 1. The molecule has 0 radical (unpaired) electrons. The van der Waals surface area contributed by atoms with Gasteiger partial charge in [-0.2, -0.15) is 0 Å². The molecule has 0 spiro atoms. The molecule has 20 heavy (non-hydrogen) atoms. The first-order chi connectivity index (χ1) is 9.60. The lowest BCUT2D eigenvalue weighted by Gasteiger charge is -2.06. The van der Waals surface area contributed by atoms with Crippen LogP contribution in [0.5, 0.6) is 0 Å². The Balaban J connectivity index is 2.16. The van der Waals surface area contributed by atoms with Crippen LogP contribution in [0.2, 0.25) is 5.02 Å². The lowest BCUT2D eigenvalue weighted by molar-refractivity contribution is 0.617. The van der Waals surface area contributed by atoms with Crippen molar-refractivity contribution in [2.75, 3.05) is 0 Å². The van der Waals surface area contributed by atoms with E-state index in [-0.39, 0.29) is 11.4 Å². The van der Waals surface area contributed by atoms with Crippen molar-refractivity contribution in [3.8, 4) is 0 Å². The van der Waals surface area contributed by atoms with Crippen molar-refractivity contribution in [3.05, 3.63) is 56.7 Å². The molecule has 0 fully saturated rings. The molecule has 6 heteroatoms. The third-order valence-corrected chi connectivity index (χ3v) is 3.95. The Morgan fingerprint density at radius 3 is 2.95 bits per heavy atom. The van der Waals surface area contributed by atoms with Crippen molar-refractivity contribution >= 4 is 23.4 Å². The van der Waals surface area contributed by atoms with Gasteiger partial charge in [0, 0.05) is 28.1 Å². The Morgan fingerprint density at radius 2 is 2.25 bits per heavy atom. The second-order valence-electron chi connectivity index (χ2n) is 4.28. The average Bonchev–Trinajstić information content (AvgIpc) is 2.38. The number of hydrogen-bond acceptors (Lipinski definition) is 3. The van der Waals surface area contributed by atoms with E-state index in [0.717, 1.165) is 18.5 Å². The number of nitrogens with zero attached hydrogens (tertiary/aromatic N) is 1. The minimum atomic E-state index is -0.350. The van der Waals surface area contributed by atoms with Crippen molar-refractivity contribution in [2.45, 2.75) is 30.7 Å². The summed E-state index contributed by atoms with van der Waals surface area (Å²) in [6.45, 7) is 2.02. The Labute approximate surface area is 125 Å². The Morgan fingerprint density at radius 1 is 1.45 bits per heavy atom. The molecule has 1 aromatic carbocycles. The lowest BCUT2D eigenvalue weighted by atomic mass is 10.2. The summed E-state index contributed by atoms with van der Waals surface area (Å²) in [5.74, 6) is -0.0265. The van der Waals surface area contributed by atoms with Gasteiger partial charge < -0.3 is 4.98 Å². The third-order valence-electron chi connectivity index (χ3n) is 2.69. The van der Waals surface area contributed by atoms with Gasteiger partial charge in [-0.05, 0) is 18.6 Å². The molecule has 0 amide bonds. The fourth-order valence-electron chi connectivity index (χ4n) is 1.75. The lowest BCUT2D eigenvalue weighted by Crippen LogP contribution is -2.10. The number of aryl methyl sites for hydroxylation is 1. The molecular weight excluding hydrogens is 299 g/mol.